The number of hydrogen-bond donors (Lipinski definition) is 1. The summed E-state index contributed by atoms with van der Waals surface area (Å²) in [6, 6.07) is 5.89. The van der Waals surface area contributed by atoms with E-state index < -0.39 is 0 Å². The Labute approximate surface area is 123 Å². The second kappa shape index (κ2) is 9.09. The van der Waals surface area contributed by atoms with Gasteiger partial charge in [-0.05, 0) is 31.6 Å². The Morgan fingerprint density at radius 1 is 1.25 bits per heavy atom. The average Bonchev–Trinajstić information content (AvgIpc) is 2.40. The summed E-state index contributed by atoms with van der Waals surface area (Å²) in [4.78, 5) is 2.20. The lowest BCUT2D eigenvalue weighted by atomic mass is 10.1. The second-order valence-electron chi connectivity index (χ2n) is 5.91. The van der Waals surface area contributed by atoms with E-state index in [1.54, 1.807) is 6.07 Å². The van der Waals surface area contributed by atoms with Crippen LogP contribution in [-0.4, -0.2) is 24.5 Å². The van der Waals surface area contributed by atoms with E-state index in [1.165, 1.54) is 19.3 Å². The maximum Gasteiger partial charge on any atom is 0.127 e. The number of benzene rings is 1. The van der Waals surface area contributed by atoms with Crippen molar-refractivity contribution in [3.8, 4) is 0 Å². The summed E-state index contributed by atoms with van der Waals surface area (Å²) in [6.45, 7) is 8.94. The zero-order valence-electron chi connectivity index (χ0n) is 13.4. The molecule has 20 heavy (non-hydrogen) atoms. The van der Waals surface area contributed by atoms with E-state index in [0.29, 0.717) is 12.6 Å². The topological polar surface area (TPSA) is 15.3 Å². The molecule has 0 aliphatic carbocycles. The lowest BCUT2D eigenvalue weighted by molar-refractivity contribution is 0.313. The molecule has 0 aromatic heterocycles. The van der Waals surface area contributed by atoms with E-state index in [-0.39, 0.29) is 5.82 Å². The molecule has 0 aliphatic heterocycles. The summed E-state index contributed by atoms with van der Waals surface area (Å²) in [7, 11) is 2.06. The number of unbranched alkanes of at least 4 members (excludes halogenated alkanes) is 2. The van der Waals surface area contributed by atoms with Gasteiger partial charge in [0.1, 0.15) is 5.82 Å². The van der Waals surface area contributed by atoms with Crippen molar-refractivity contribution >= 4 is 0 Å². The third kappa shape index (κ3) is 6.49. The van der Waals surface area contributed by atoms with Crippen LogP contribution >= 0.6 is 0 Å². The Morgan fingerprint density at radius 2 is 2.00 bits per heavy atom. The van der Waals surface area contributed by atoms with Gasteiger partial charge in [-0.1, -0.05) is 45.7 Å². The van der Waals surface area contributed by atoms with Gasteiger partial charge in [0.25, 0.3) is 0 Å². The standard InChI is InChI=1S/C17H29FN2/c1-5-6-7-10-20(4)13-16-11-15(8-9-17(16)18)12-19-14(2)3/h8-9,11,14,19H,5-7,10,12-13H2,1-4H3. The Bertz CT molecular complexity index is 391. The first-order valence-corrected chi connectivity index (χ1v) is 7.72. The van der Waals surface area contributed by atoms with E-state index in [2.05, 4.69) is 38.0 Å². The van der Waals surface area contributed by atoms with Gasteiger partial charge in [-0.2, -0.15) is 0 Å². The monoisotopic (exact) mass is 280 g/mol. The molecule has 1 rings (SSSR count). The normalized spacial score (nSPS) is 11.6. The molecule has 0 amide bonds. The van der Waals surface area contributed by atoms with Gasteiger partial charge < -0.3 is 10.2 Å². The molecule has 0 saturated carbocycles. The minimum atomic E-state index is -0.0966. The Kier molecular flexibility index (Phi) is 7.78. The van der Waals surface area contributed by atoms with Crippen molar-refractivity contribution in [2.75, 3.05) is 13.6 Å². The number of hydrogen-bond acceptors (Lipinski definition) is 2. The van der Waals surface area contributed by atoms with E-state index >= 15 is 0 Å². The van der Waals surface area contributed by atoms with Crippen molar-refractivity contribution in [3.05, 3.63) is 35.1 Å². The van der Waals surface area contributed by atoms with Crippen LogP contribution in [0.25, 0.3) is 0 Å². The van der Waals surface area contributed by atoms with Crippen molar-refractivity contribution in [2.45, 2.75) is 59.2 Å². The third-order valence-corrected chi connectivity index (χ3v) is 3.41. The Morgan fingerprint density at radius 3 is 2.65 bits per heavy atom. The molecule has 114 valence electrons. The minimum Gasteiger partial charge on any atom is -0.310 e. The average molecular weight is 280 g/mol. The molecular weight excluding hydrogens is 251 g/mol. The summed E-state index contributed by atoms with van der Waals surface area (Å²) in [5.41, 5.74) is 1.95. The predicted octanol–water partition coefficient (Wildman–Crippen LogP) is 3.95. The number of halogens is 1. The lowest BCUT2D eigenvalue weighted by Gasteiger charge is -2.18. The van der Waals surface area contributed by atoms with Crippen LogP contribution in [0.15, 0.2) is 18.2 Å². The largest absolute Gasteiger partial charge is 0.310 e. The third-order valence-electron chi connectivity index (χ3n) is 3.41. The second-order valence-corrected chi connectivity index (χ2v) is 5.91. The first kappa shape index (κ1) is 17.1. The van der Waals surface area contributed by atoms with Gasteiger partial charge in [0.15, 0.2) is 0 Å². The molecule has 0 fully saturated rings. The van der Waals surface area contributed by atoms with Crippen molar-refractivity contribution < 1.29 is 4.39 Å². The molecule has 0 bridgehead atoms. The van der Waals surface area contributed by atoms with Crippen LogP contribution in [0.2, 0.25) is 0 Å². The molecule has 0 unspecified atom stereocenters. The smallest absolute Gasteiger partial charge is 0.127 e. The summed E-state index contributed by atoms with van der Waals surface area (Å²) < 4.78 is 13.9. The van der Waals surface area contributed by atoms with Crippen molar-refractivity contribution in [2.24, 2.45) is 0 Å². The van der Waals surface area contributed by atoms with Gasteiger partial charge in [0.05, 0.1) is 0 Å². The lowest BCUT2D eigenvalue weighted by Crippen LogP contribution is -2.22. The zero-order chi connectivity index (χ0) is 15.0. The molecule has 0 aliphatic rings. The van der Waals surface area contributed by atoms with Gasteiger partial charge in [0, 0.05) is 24.7 Å². The van der Waals surface area contributed by atoms with Crippen LogP contribution in [0, 0.1) is 5.82 Å². The van der Waals surface area contributed by atoms with Crippen molar-refractivity contribution in [1.29, 1.82) is 0 Å². The number of nitrogens with zero attached hydrogens (tertiary/aromatic N) is 1. The fraction of sp³-hybridized carbons (Fsp3) is 0.647. The first-order chi connectivity index (χ1) is 9.52. The van der Waals surface area contributed by atoms with Gasteiger partial charge >= 0.3 is 0 Å². The minimum absolute atomic E-state index is 0.0966. The van der Waals surface area contributed by atoms with Gasteiger partial charge in [-0.3, -0.25) is 0 Å². The maximum atomic E-state index is 13.9. The van der Waals surface area contributed by atoms with E-state index in [4.69, 9.17) is 0 Å². The molecule has 0 atom stereocenters. The molecule has 1 N–H and O–H groups in total. The molecule has 2 nitrogen and oxygen atoms in total. The highest BCUT2D eigenvalue weighted by Gasteiger charge is 2.07. The van der Waals surface area contributed by atoms with Gasteiger partial charge in [-0.25, -0.2) is 4.39 Å². The molecule has 0 saturated heterocycles. The molecular formula is C17H29FN2. The Balaban J connectivity index is 2.57. The van der Waals surface area contributed by atoms with Gasteiger partial charge in [0.2, 0.25) is 0 Å². The molecule has 1 aromatic rings. The fourth-order valence-corrected chi connectivity index (χ4v) is 2.18. The maximum absolute atomic E-state index is 13.9. The zero-order valence-corrected chi connectivity index (χ0v) is 13.4. The first-order valence-electron chi connectivity index (χ1n) is 7.72. The van der Waals surface area contributed by atoms with Crippen molar-refractivity contribution in [3.63, 3.8) is 0 Å². The van der Waals surface area contributed by atoms with Crippen LogP contribution in [0.1, 0.15) is 51.2 Å². The van der Waals surface area contributed by atoms with Crippen LogP contribution < -0.4 is 5.32 Å². The summed E-state index contributed by atoms with van der Waals surface area (Å²) in [6.07, 6.45) is 3.65. The van der Waals surface area contributed by atoms with E-state index in [0.717, 1.165) is 24.2 Å². The van der Waals surface area contributed by atoms with Crippen LogP contribution in [0.4, 0.5) is 4.39 Å². The van der Waals surface area contributed by atoms with Crippen LogP contribution in [-0.2, 0) is 13.1 Å². The summed E-state index contributed by atoms with van der Waals surface area (Å²) >= 11 is 0. The Hall–Kier alpha value is -0.930. The SMILES string of the molecule is CCCCCN(C)Cc1cc(CNC(C)C)ccc1F. The van der Waals surface area contributed by atoms with Crippen molar-refractivity contribution in [1.82, 2.24) is 10.2 Å². The highest BCUT2D eigenvalue weighted by molar-refractivity contribution is 5.25. The molecule has 3 heteroatoms. The highest BCUT2D eigenvalue weighted by Crippen LogP contribution is 2.13. The predicted molar refractivity (Wildman–Crippen MR) is 84.2 cm³/mol. The number of nitrogens with one attached hydrogen (secondary N) is 1. The summed E-state index contributed by atoms with van der Waals surface area (Å²) in [5, 5.41) is 3.37. The van der Waals surface area contributed by atoms with Gasteiger partial charge in [-0.15, -0.1) is 0 Å². The van der Waals surface area contributed by atoms with E-state index in [9.17, 15) is 4.39 Å². The molecule has 0 spiro atoms. The molecule has 1 aromatic carbocycles. The summed E-state index contributed by atoms with van der Waals surface area (Å²) in [5.74, 6) is -0.0966. The van der Waals surface area contributed by atoms with Crippen LogP contribution in [0.5, 0.6) is 0 Å². The molecule has 0 heterocycles. The van der Waals surface area contributed by atoms with Crippen LogP contribution in [0.3, 0.4) is 0 Å². The molecule has 0 radical (unpaired) electrons. The quantitative estimate of drug-likeness (QED) is 0.689. The van der Waals surface area contributed by atoms with E-state index in [1.807, 2.05) is 12.1 Å². The highest BCUT2D eigenvalue weighted by atomic mass is 19.1. The fourth-order valence-electron chi connectivity index (χ4n) is 2.18. The number of rotatable bonds is 9.